The van der Waals surface area contributed by atoms with E-state index in [2.05, 4.69) is 15.5 Å². The number of hydrogen-bond donors (Lipinski definition) is 1. The van der Waals surface area contributed by atoms with E-state index in [1.807, 2.05) is 0 Å². The van der Waals surface area contributed by atoms with Gasteiger partial charge in [-0.05, 0) is 29.3 Å². The summed E-state index contributed by atoms with van der Waals surface area (Å²) in [5.74, 6) is -0.371. The van der Waals surface area contributed by atoms with E-state index in [0.717, 1.165) is 0 Å². The summed E-state index contributed by atoms with van der Waals surface area (Å²) in [6.07, 6.45) is 1.28. The molecule has 0 saturated heterocycles. The van der Waals surface area contributed by atoms with Crippen LogP contribution >= 0.6 is 34.5 Å². The smallest absolute Gasteiger partial charge is 0.311 e. The summed E-state index contributed by atoms with van der Waals surface area (Å²) < 4.78 is 2.50. The Morgan fingerprint density at radius 2 is 2.26 bits per heavy atom. The van der Waals surface area contributed by atoms with Gasteiger partial charge in [0.1, 0.15) is 4.34 Å². The van der Waals surface area contributed by atoms with Crippen LogP contribution in [0.15, 0.2) is 6.07 Å². The van der Waals surface area contributed by atoms with Gasteiger partial charge >= 0.3 is 5.97 Å². The Morgan fingerprint density at radius 1 is 1.53 bits per heavy atom. The van der Waals surface area contributed by atoms with Crippen LogP contribution in [0.5, 0.6) is 0 Å². The largest absolute Gasteiger partial charge is 0.481 e. The molecule has 1 fully saturated rings. The van der Waals surface area contributed by atoms with Crippen molar-refractivity contribution in [3.05, 3.63) is 14.7 Å². The monoisotopic (exact) mass is 318 g/mol. The highest BCUT2D eigenvalue weighted by atomic mass is 35.5. The topological polar surface area (TPSA) is 80.9 Å². The lowest BCUT2D eigenvalue weighted by Gasteiger charge is -2.10. The number of rotatable bonds is 4. The third kappa shape index (κ3) is 2.22. The molecule has 0 bridgehead atoms. The van der Waals surface area contributed by atoms with Crippen LogP contribution in [0.2, 0.25) is 8.67 Å². The van der Waals surface area contributed by atoms with Crippen LogP contribution in [-0.2, 0) is 11.3 Å². The van der Waals surface area contributed by atoms with Gasteiger partial charge in [-0.2, -0.15) is 0 Å². The quantitative estimate of drug-likeness (QED) is 0.937. The predicted molar refractivity (Wildman–Crippen MR) is 70.5 cm³/mol. The van der Waals surface area contributed by atoms with E-state index in [1.165, 1.54) is 16.0 Å². The van der Waals surface area contributed by atoms with E-state index in [4.69, 9.17) is 23.2 Å². The molecule has 0 radical (unpaired) electrons. The van der Waals surface area contributed by atoms with Crippen LogP contribution in [0.25, 0.3) is 11.4 Å². The lowest BCUT2D eigenvalue weighted by atomic mass is 10.1. The molecule has 2 aromatic rings. The van der Waals surface area contributed by atoms with Crippen LogP contribution in [0, 0.1) is 5.41 Å². The van der Waals surface area contributed by atoms with Crippen molar-refractivity contribution in [1.29, 1.82) is 0 Å². The molecule has 0 aliphatic heterocycles. The molecule has 0 aromatic carbocycles. The number of hydrogen-bond acceptors (Lipinski definition) is 5. The Bertz CT molecular complexity index is 650. The number of carboxylic acid groups (broad SMARTS) is 1. The minimum absolute atomic E-state index is 0.245. The zero-order valence-corrected chi connectivity index (χ0v) is 11.8. The summed E-state index contributed by atoms with van der Waals surface area (Å²) in [6.45, 7) is 0.245. The number of aromatic nitrogens is 4. The van der Waals surface area contributed by atoms with Crippen molar-refractivity contribution < 1.29 is 9.90 Å². The Kier molecular flexibility index (Phi) is 2.99. The van der Waals surface area contributed by atoms with E-state index in [9.17, 15) is 9.90 Å². The maximum Gasteiger partial charge on any atom is 0.311 e. The normalized spacial score (nSPS) is 16.5. The lowest BCUT2D eigenvalue weighted by Crippen LogP contribution is -2.22. The third-order valence-electron chi connectivity index (χ3n) is 3.19. The Hall–Kier alpha value is -1.18. The minimum atomic E-state index is -0.816. The van der Waals surface area contributed by atoms with Gasteiger partial charge < -0.3 is 5.11 Å². The number of halogens is 2. The Morgan fingerprint density at radius 3 is 2.79 bits per heavy atom. The van der Waals surface area contributed by atoms with E-state index in [-0.39, 0.29) is 6.54 Å². The molecule has 0 unspecified atom stereocenters. The summed E-state index contributed by atoms with van der Waals surface area (Å²) in [5.41, 5.74) is -0.112. The van der Waals surface area contributed by atoms with Gasteiger partial charge in [0, 0.05) is 0 Å². The second-order valence-corrected chi connectivity index (χ2v) is 6.77. The van der Waals surface area contributed by atoms with Gasteiger partial charge in [-0.15, -0.1) is 16.4 Å². The molecular formula is C10H8Cl2N4O2S. The van der Waals surface area contributed by atoms with E-state index in [0.29, 0.717) is 32.9 Å². The number of aliphatic carboxylic acids is 1. The lowest BCUT2D eigenvalue weighted by molar-refractivity contribution is -0.144. The first kappa shape index (κ1) is 12.8. The number of nitrogens with zero attached hydrogens (tertiary/aromatic N) is 4. The highest BCUT2D eigenvalue weighted by molar-refractivity contribution is 7.20. The molecule has 100 valence electrons. The summed E-state index contributed by atoms with van der Waals surface area (Å²) >= 11 is 13.2. The summed E-state index contributed by atoms with van der Waals surface area (Å²) in [7, 11) is 0. The molecule has 0 amide bonds. The van der Waals surface area contributed by atoms with Gasteiger partial charge in [0.15, 0.2) is 5.82 Å². The fourth-order valence-corrected chi connectivity index (χ4v) is 3.33. The maximum absolute atomic E-state index is 11.2. The molecule has 1 saturated carbocycles. The average Bonchev–Trinajstić information content (AvgIpc) is 2.86. The van der Waals surface area contributed by atoms with Gasteiger partial charge in [0.2, 0.25) is 0 Å². The van der Waals surface area contributed by atoms with Crippen LogP contribution in [-0.4, -0.2) is 31.3 Å². The molecule has 2 heterocycles. The fourth-order valence-electron chi connectivity index (χ4n) is 1.87. The van der Waals surface area contributed by atoms with Crippen molar-refractivity contribution in [2.45, 2.75) is 19.4 Å². The maximum atomic E-state index is 11.2. The van der Waals surface area contributed by atoms with Crippen LogP contribution in [0.4, 0.5) is 0 Å². The summed E-state index contributed by atoms with van der Waals surface area (Å²) in [5, 5.41) is 20.5. The van der Waals surface area contributed by atoms with Gasteiger partial charge in [-0.3, -0.25) is 4.79 Å². The van der Waals surface area contributed by atoms with Crippen molar-refractivity contribution in [2.24, 2.45) is 5.41 Å². The van der Waals surface area contributed by atoms with Gasteiger partial charge in [0.25, 0.3) is 0 Å². The molecule has 1 N–H and O–H groups in total. The van der Waals surface area contributed by atoms with Crippen LogP contribution in [0.3, 0.4) is 0 Å². The highest BCUT2D eigenvalue weighted by Gasteiger charge is 2.51. The number of thiophene rings is 1. The standard InChI is InChI=1S/C10H8Cl2N4O2S/c11-6-3-5(7(12)19-6)8-13-14-15-16(8)4-10(1-2-10)9(17)18/h3H,1-2,4H2,(H,17,18). The molecule has 9 heteroatoms. The van der Waals surface area contributed by atoms with Crippen molar-refractivity contribution in [3.8, 4) is 11.4 Å². The zero-order chi connectivity index (χ0) is 13.6. The molecule has 0 atom stereocenters. The molecule has 1 aliphatic rings. The fraction of sp³-hybridized carbons (Fsp3) is 0.400. The Balaban J connectivity index is 1.95. The van der Waals surface area contributed by atoms with E-state index < -0.39 is 11.4 Å². The predicted octanol–water partition coefficient (Wildman–Crippen LogP) is 2.57. The first-order valence-electron chi connectivity index (χ1n) is 5.47. The van der Waals surface area contributed by atoms with Crippen LogP contribution in [0.1, 0.15) is 12.8 Å². The van der Waals surface area contributed by atoms with Crippen molar-refractivity contribution in [3.63, 3.8) is 0 Å². The summed E-state index contributed by atoms with van der Waals surface area (Å²) in [6, 6.07) is 1.68. The first-order valence-corrected chi connectivity index (χ1v) is 7.04. The second-order valence-electron chi connectivity index (χ2n) is 4.48. The van der Waals surface area contributed by atoms with E-state index >= 15 is 0 Å². The molecule has 1 aliphatic carbocycles. The molecule has 19 heavy (non-hydrogen) atoms. The molecule has 0 spiro atoms. The average molecular weight is 319 g/mol. The third-order valence-corrected chi connectivity index (χ3v) is 4.68. The van der Waals surface area contributed by atoms with Crippen molar-refractivity contribution >= 4 is 40.5 Å². The van der Waals surface area contributed by atoms with Gasteiger partial charge in [-0.25, -0.2) is 4.68 Å². The van der Waals surface area contributed by atoms with Gasteiger partial charge in [0.05, 0.1) is 21.9 Å². The highest BCUT2D eigenvalue weighted by Crippen LogP contribution is 2.48. The number of carbonyl (C=O) groups is 1. The number of carboxylic acids is 1. The minimum Gasteiger partial charge on any atom is -0.481 e. The second kappa shape index (κ2) is 4.43. The summed E-state index contributed by atoms with van der Waals surface area (Å²) in [4.78, 5) is 11.2. The molecule has 3 rings (SSSR count). The van der Waals surface area contributed by atoms with Crippen molar-refractivity contribution in [1.82, 2.24) is 20.2 Å². The zero-order valence-electron chi connectivity index (χ0n) is 9.51. The number of tetrazole rings is 1. The molecular weight excluding hydrogens is 311 g/mol. The van der Waals surface area contributed by atoms with E-state index in [1.54, 1.807) is 6.07 Å². The molecule has 2 aromatic heterocycles. The van der Waals surface area contributed by atoms with Gasteiger partial charge in [-0.1, -0.05) is 23.2 Å². The van der Waals surface area contributed by atoms with Crippen molar-refractivity contribution in [2.75, 3.05) is 0 Å². The van der Waals surface area contributed by atoms with Crippen LogP contribution < -0.4 is 0 Å². The molecule has 6 nitrogen and oxygen atoms in total. The SMILES string of the molecule is O=C(O)C1(Cn2nnnc2-c2cc(Cl)sc2Cl)CC1. The first-order chi connectivity index (χ1) is 9.02. The Labute approximate surface area is 121 Å².